The Morgan fingerprint density at radius 3 is 2.36 bits per heavy atom. The van der Waals surface area contributed by atoms with E-state index in [4.69, 9.17) is 20.4 Å². The molecular weight excluding hydrogens is 502 g/mol. The van der Waals surface area contributed by atoms with E-state index in [-0.39, 0.29) is 37.2 Å². The minimum atomic E-state index is -4.77. The SMILES string of the molecule is NC1(COP(=O)(O)O)CCN(C(=O)c2ccc(C(=NOCCCc3ccccc3)C(F)(F)F)cc2)C1. The number of oxime groups is 1. The van der Waals surface area contributed by atoms with Gasteiger partial charge < -0.3 is 25.3 Å². The summed E-state index contributed by atoms with van der Waals surface area (Å²) in [6, 6.07) is 14.2. The number of nitrogens with zero attached hydrogens (tertiary/aromatic N) is 2. The zero-order valence-corrected chi connectivity index (χ0v) is 20.1. The van der Waals surface area contributed by atoms with Gasteiger partial charge in [0.05, 0.1) is 12.1 Å². The van der Waals surface area contributed by atoms with E-state index in [0.29, 0.717) is 12.8 Å². The largest absolute Gasteiger partial charge is 0.469 e. The number of amides is 1. The highest BCUT2D eigenvalue weighted by Gasteiger charge is 2.40. The van der Waals surface area contributed by atoms with Crippen LogP contribution in [0.25, 0.3) is 0 Å². The zero-order chi connectivity index (χ0) is 26.4. The van der Waals surface area contributed by atoms with Gasteiger partial charge in [-0.1, -0.05) is 47.6 Å². The third-order valence-electron chi connectivity index (χ3n) is 5.57. The van der Waals surface area contributed by atoms with E-state index in [2.05, 4.69) is 9.68 Å². The number of rotatable bonds is 10. The second-order valence-corrected chi connectivity index (χ2v) is 9.78. The first kappa shape index (κ1) is 27.8. The van der Waals surface area contributed by atoms with Crippen molar-refractivity contribution in [1.29, 1.82) is 0 Å². The van der Waals surface area contributed by atoms with Gasteiger partial charge in [0, 0.05) is 24.2 Å². The van der Waals surface area contributed by atoms with Crippen LogP contribution >= 0.6 is 7.82 Å². The number of phosphoric ester groups is 1. The maximum atomic E-state index is 13.6. The van der Waals surface area contributed by atoms with Crippen LogP contribution in [0.5, 0.6) is 0 Å². The molecule has 1 saturated heterocycles. The number of aryl methyl sites for hydroxylation is 1. The lowest BCUT2D eigenvalue weighted by atomic mass is 10.0. The van der Waals surface area contributed by atoms with Gasteiger partial charge in [0.1, 0.15) is 6.61 Å². The molecule has 3 rings (SSSR count). The van der Waals surface area contributed by atoms with Gasteiger partial charge >= 0.3 is 14.0 Å². The van der Waals surface area contributed by atoms with Crippen molar-refractivity contribution in [2.24, 2.45) is 10.9 Å². The second kappa shape index (κ2) is 11.5. The summed E-state index contributed by atoms with van der Waals surface area (Å²) in [5, 5.41) is 3.31. The van der Waals surface area contributed by atoms with Crippen LogP contribution in [0.2, 0.25) is 0 Å². The van der Waals surface area contributed by atoms with Crippen LogP contribution in [0.1, 0.15) is 34.3 Å². The van der Waals surface area contributed by atoms with Crippen molar-refractivity contribution >= 4 is 19.4 Å². The van der Waals surface area contributed by atoms with Crippen molar-refractivity contribution in [3.8, 4) is 0 Å². The molecule has 1 aliphatic rings. The Labute approximate surface area is 205 Å². The number of alkyl halides is 3. The minimum Gasteiger partial charge on any atom is -0.395 e. The highest BCUT2D eigenvalue weighted by molar-refractivity contribution is 7.46. The number of carbonyl (C=O) groups excluding carboxylic acids is 1. The topological polar surface area (TPSA) is 135 Å². The molecule has 0 saturated carbocycles. The number of nitrogens with two attached hydrogens (primary N) is 1. The Balaban J connectivity index is 1.60. The van der Waals surface area contributed by atoms with Crippen LogP contribution in [-0.2, 0) is 20.3 Å². The van der Waals surface area contributed by atoms with E-state index in [1.165, 1.54) is 17.0 Å². The molecule has 2 aromatic rings. The molecule has 1 unspecified atom stereocenters. The fraction of sp³-hybridized carbons (Fsp3) is 0.391. The molecule has 0 aliphatic carbocycles. The predicted molar refractivity (Wildman–Crippen MR) is 125 cm³/mol. The van der Waals surface area contributed by atoms with Crippen molar-refractivity contribution < 1.29 is 41.7 Å². The number of halogens is 3. The summed E-state index contributed by atoms with van der Waals surface area (Å²) >= 11 is 0. The fourth-order valence-corrected chi connectivity index (χ4v) is 4.14. The van der Waals surface area contributed by atoms with E-state index in [1.54, 1.807) is 0 Å². The Bertz CT molecular complexity index is 1110. The van der Waals surface area contributed by atoms with Crippen LogP contribution in [0.15, 0.2) is 59.8 Å². The van der Waals surface area contributed by atoms with Crippen molar-refractivity contribution in [2.75, 3.05) is 26.3 Å². The van der Waals surface area contributed by atoms with Gasteiger partial charge in [-0.25, -0.2) is 4.57 Å². The fourth-order valence-electron chi connectivity index (χ4n) is 3.72. The standard InChI is InChI=1S/C23H27F3N3O6P/c24-23(25,26)20(28-34-14-4-7-17-5-2-1-3-6-17)18-8-10-19(11-9-18)21(30)29-13-12-22(27,15-29)16-35-36(31,32)33/h1-3,5-6,8-11H,4,7,12-16,27H2,(H2,31,32,33). The van der Waals surface area contributed by atoms with E-state index in [1.807, 2.05) is 30.3 Å². The normalized spacial score (nSPS) is 18.9. The van der Waals surface area contributed by atoms with Crippen molar-refractivity contribution in [3.05, 3.63) is 71.3 Å². The van der Waals surface area contributed by atoms with E-state index >= 15 is 0 Å². The summed E-state index contributed by atoms with van der Waals surface area (Å²) in [6.45, 7) is -0.267. The molecule has 9 nitrogen and oxygen atoms in total. The predicted octanol–water partition coefficient (Wildman–Crippen LogP) is 3.26. The Hall–Kier alpha value is -2.76. The minimum absolute atomic E-state index is 0.00652. The number of hydrogen-bond donors (Lipinski definition) is 3. The summed E-state index contributed by atoms with van der Waals surface area (Å²) in [7, 11) is -4.71. The molecule has 4 N–H and O–H groups in total. The summed E-state index contributed by atoms with van der Waals surface area (Å²) in [6.07, 6.45) is -3.40. The van der Waals surface area contributed by atoms with Gasteiger partial charge in [-0.05, 0) is 37.0 Å². The van der Waals surface area contributed by atoms with Crippen LogP contribution in [0.3, 0.4) is 0 Å². The van der Waals surface area contributed by atoms with Crippen LogP contribution in [-0.4, -0.2) is 64.3 Å². The van der Waals surface area contributed by atoms with Crippen LogP contribution in [0, 0.1) is 0 Å². The van der Waals surface area contributed by atoms with Crippen molar-refractivity contribution in [1.82, 2.24) is 4.90 Å². The molecule has 1 atom stereocenters. The van der Waals surface area contributed by atoms with Gasteiger partial charge in [-0.15, -0.1) is 0 Å². The number of hydrogen-bond acceptors (Lipinski definition) is 6. The molecular formula is C23H27F3N3O6P. The Morgan fingerprint density at radius 1 is 1.11 bits per heavy atom. The molecule has 0 radical (unpaired) electrons. The average Bonchev–Trinajstić information content (AvgIpc) is 3.22. The molecule has 1 fully saturated rings. The number of phosphoric acid groups is 1. The summed E-state index contributed by atoms with van der Waals surface area (Å²) < 4.78 is 56.1. The number of benzene rings is 2. The number of likely N-dealkylation sites (tertiary alicyclic amines) is 1. The summed E-state index contributed by atoms with van der Waals surface area (Å²) in [4.78, 5) is 36.8. The van der Waals surface area contributed by atoms with Crippen LogP contribution in [0.4, 0.5) is 13.2 Å². The lowest BCUT2D eigenvalue weighted by molar-refractivity contribution is -0.0615. The van der Waals surface area contributed by atoms with E-state index in [9.17, 15) is 22.5 Å². The molecule has 36 heavy (non-hydrogen) atoms. The molecule has 1 amide bonds. The first-order valence-electron chi connectivity index (χ1n) is 11.1. The van der Waals surface area contributed by atoms with Crippen LogP contribution < -0.4 is 5.73 Å². The van der Waals surface area contributed by atoms with Crippen molar-refractivity contribution in [2.45, 2.75) is 31.0 Å². The maximum absolute atomic E-state index is 13.6. The third kappa shape index (κ3) is 8.14. The van der Waals surface area contributed by atoms with E-state index < -0.39 is 37.8 Å². The third-order valence-corrected chi connectivity index (χ3v) is 6.03. The molecule has 0 spiro atoms. The second-order valence-electron chi connectivity index (χ2n) is 8.54. The van der Waals surface area contributed by atoms with Gasteiger partial charge in [-0.2, -0.15) is 13.2 Å². The molecule has 0 bridgehead atoms. The lowest BCUT2D eigenvalue weighted by Gasteiger charge is -2.24. The zero-order valence-electron chi connectivity index (χ0n) is 19.2. The lowest BCUT2D eigenvalue weighted by Crippen LogP contribution is -2.47. The highest BCUT2D eigenvalue weighted by atomic mass is 31.2. The Kier molecular flexibility index (Phi) is 8.91. The Morgan fingerprint density at radius 2 is 1.75 bits per heavy atom. The van der Waals surface area contributed by atoms with Gasteiger partial charge in [0.15, 0.2) is 5.71 Å². The smallest absolute Gasteiger partial charge is 0.395 e. The molecule has 1 heterocycles. The van der Waals surface area contributed by atoms with Gasteiger partial charge in [0.25, 0.3) is 5.91 Å². The monoisotopic (exact) mass is 529 g/mol. The summed E-state index contributed by atoms with van der Waals surface area (Å²) in [5.74, 6) is -0.479. The molecule has 0 aromatic heterocycles. The first-order chi connectivity index (χ1) is 16.9. The quantitative estimate of drug-likeness (QED) is 0.186. The first-order valence-corrected chi connectivity index (χ1v) is 12.6. The maximum Gasteiger partial charge on any atom is 0.469 e. The number of carbonyl (C=O) groups is 1. The van der Waals surface area contributed by atoms with Crippen molar-refractivity contribution in [3.63, 3.8) is 0 Å². The molecule has 13 heteroatoms. The van der Waals surface area contributed by atoms with Gasteiger partial charge in [-0.3, -0.25) is 9.32 Å². The van der Waals surface area contributed by atoms with Gasteiger partial charge in [0.2, 0.25) is 0 Å². The summed E-state index contributed by atoms with van der Waals surface area (Å²) in [5.41, 5.74) is 4.62. The average molecular weight is 529 g/mol. The highest BCUT2D eigenvalue weighted by Crippen LogP contribution is 2.37. The molecule has 196 valence electrons. The molecule has 2 aromatic carbocycles. The molecule has 1 aliphatic heterocycles. The van der Waals surface area contributed by atoms with E-state index in [0.717, 1.165) is 17.7 Å².